The molecule has 168 valence electrons. The number of likely N-dealkylation sites (tertiary alicyclic amines) is 1. The highest BCUT2D eigenvalue weighted by Gasteiger charge is 2.49. The Morgan fingerprint density at radius 2 is 1.97 bits per heavy atom. The Bertz CT molecular complexity index is 1410. The fraction of sp³-hybridized carbons (Fsp3) is 0.261. The molecule has 3 heterocycles. The van der Waals surface area contributed by atoms with Crippen LogP contribution >= 0.6 is 0 Å². The number of hydrogen-bond donors (Lipinski definition) is 1. The summed E-state index contributed by atoms with van der Waals surface area (Å²) in [5.41, 5.74) is -1.05. The van der Waals surface area contributed by atoms with E-state index in [0.29, 0.717) is 18.1 Å². The summed E-state index contributed by atoms with van der Waals surface area (Å²) in [6, 6.07) is 8.98. The van der Waals surface area contributed by atoms with Gasteiger partial charge in [-0.25, -0.2) is 14.2 Å². The maximum atomic E-state index is 13.4. The predicted molar refractivity (Wildman–Crippen MR) is 112 cm³/mol. The molecule has 1 aromatic heterocycles. The van der Waals surface area contributed by atoms with Gasteiger partial charge in [0.1, 0.15) is 5.69 Å². The summed E-state index contributed by atoms with van der Waals surface area (Å²) in [5.74, 6) is -0.740. The van der Waals surface area contributed by atoms with Crippen LogP contribution < -0.4 is 5.69 Å². The van der Waals surface area contributed by atoms with Crippen molar-refractivity contribution in [3.05, 3.63) is 86.8 Å². The van der Waals surface area contributed by atoms with Gasteiger partial charge < -0.3 is 10.0 Å². The lowest BCUT2D eigenvalue weighted by Crippen LogP contribution is -2.37. The van der Waals surface area contributed by atoms with Gasteiger partial charge in [0.15, 0.2) is 5.69 Å². The molecule has 0 radical (unpaired) electrons. The Morgan fingerprint density at radius 3 is 2.64 bits per heavy atom. The minimum absolute atomic E-state index is 0.199. The molecular weight excluding hydrogens is 437 g/mol. The van der Waals surface area contributed by atoms with Crippen molar-refractivity contribution in [2.24, 2.45) is 0 Å². The summed E-state index contributed by atoms with van der Waals surface area (Å²) >= 11 is 0. The zero-order chi connectivity index (χ0) is 23.7. The second-order valence-corrected chi connectivity index (χ2v) is 8.24. The number of aromatic hydroxyl groups is 1. The van der Waals surface area contributed by atoms with Gasteiger partial charge in [0.05, 0.1) is 29.9 Å². The standard InChI is InChI=1S/C23H17F3N4O3/c1-12-4-3-5-13(8-12)20(31)28-11-15-10-18(28)19-21(32)30(22(33)29(15)19)14-6-7-17(27-2)16(9-14)23(24,25)26/h3-9,15,18,32H,10-11H2,1H3/t15?,18-/m1/s1. The number of carbonyl (C=O) groups is 1. The van der Waals surface area contributed by atoms with Crippen molar-refractivity contribution in [1.29, 1.82) is 0 Å². The van der Waals surface area contributed by atoms with Gasteiger partial charge in [-0.05, 0) is 37.6 Å². The Kier molecular flexibility index (Phi) is 4.43. The van der Waals surface area contributed by atoms with Gasteiger partial charge in [-0.1, -0.05) is 23.8 Å². The maximum Gasteiger partial charge on any atom is 0.407 e. The van der Waals surface area contributed by atoms with Gasteiger partial charge in [-0.2, -0.15) is 13.2 Å². The quantitative estimate of drug-likeness (QED) is 0.585. The third kappa shape index (κ3) is 3.03. The molecule has 1 saturated heterocycles. The van der Waals surface area contributed by atoms with Gasteiger partial charge >= 0.3 is 11.9 Å². The summed E-state index contributed by atoms with van der Waals surface area (Å²) in [7, 11) is 0. The zero-order valence-electron chi connectivity index (χ0n) is 17.3. The number of carbonyl (C=O) groups excluding carboxylic acids is 1. The molecule has 10 heteroatoms. The molecule has 0 spiro atoms. The molecule has 2 aromatic carbocycles. The fourth-order valence-corrected chi connectivity index (χ4v) is 4.83. The second-order valence-electron chi connectivity index (χ2n) is 8.24. The first-order valence-electron chi connectivity index (χ1n) is 10.1. The molecule has 2 bridgehead atoms. The number of hydrogen-bond acceptors (Lipinski definition) is 3. The average molecular weight is 454 g/mol. The molecule has 1 unspecified atom stereocenters. The summed E-state index contributed by atoms with van der Waals surface area (Å²) < 4.78 is 42.4. The molecule has 3 aromatic rings. The Labute approximate surface area is 185 Å². The van der Waals surface area contributed by atoms with Gasteiger partial charge in [0, 0.05) is 12.1 Å². The molecule has 2 aliphatic heterocycles. The first-order valence-corrected chi connectivity index (χ1v) is 10.1. The lowest BCUT2D eigenvalue weighted by atomic mass is 10.1. The van der Waals surface area contributed by atoms with E-state index in [9.17, 15) is 27.9 Å². The van der Waals surface area contributed by atoms with Crippen LogP contribution in [0.25, 0.3) is 10.5 Å². The van der Waals surface area contributed by atoms with Crippen molar-refractivity contribution in [2.75, 3.05) is 6.54 Å². The number of imidazole rings is 1. The topological polar surface area (TPSA) is 71.8 Å². The molecule has 33 heavy (non-hydrogen) atoms. The summed E-state index contributed by atoms with van der Waals surface area (Å²) in [6.45, 7) is 9.10. The molecule has 0 saturated carbocycles. The smallest absolute Gasteiger partial charge is 0.407 e. The van der Waals surface area contributed by atoms with Crippen LogP contribution in [0.2, 0.25) is 0 Å². The van der Waals surface area contributed by atoms with Crippen molar-refractivity contribution < 1.29 is 23.1 Å². The summed E-state index contributed by atoms with van der Waals surface area (Å²) in [5, 5.41) is 10.9. The number of rotatable bonds is 2. The molecule has 1 amide bonds. The predicted octanol–water partition coefficient (Wildman–Crippen LogP) is 4.36. The third-order valence-electron chi connectivity index (χ3n) is 6.25. The van der Waals surface area contributed by atoms with Crippen LogP contribution in [0, 0.1) is 13.5 Å². The fourth-order valence-electron chi connectivity index (χ4n) is 4.83. The molecular formula is C23H17F3N4O3. The maximum absolute atomic E-state index is 13.4. The van der Waals surface area contributed by atoms with Crippen LogP contribution in [0.4, 0.5) is 18.9 Å². The highest BCUT2D eigenvalue weighted by molar-refractivity contribution is 5.95. The van der Waals surface area contributed by atoms with E-state index in [2.05, 4.69) is 4.85 Å². The van der Waals surface area contributed by atoms with Gasteiger partial charge in [0.25, 0.3) is 5.91 Å². The highest BCUT2D eigenvalue weighted by atomic mass is 19.4. The van der Waals surface area contributed by atoms with Crippen LogP contribution in [0.5, 0.6) is 5.88 Å². The largest absolute Gasteiger partial charge is 0.493 e. The summed E-state index contributed by atoms with van der Waals surface area (Å²) in [6.07, 6.45) is -4.35. The number of benzene rings is 2. The lowest BCUT2D eigenvalue weighted by molar-refractivity contribution is -0.136. The minimum atomic E-state index is -4.80. The van der Waals surface area contributed by atoms with E-state index in [1.54, 1.807) is 23.1 Å². The highest BCUT2D eigenvalue weighted by Crippen LogP contribution is 2.49. The number of halogens is 3. The first-order chi connectivity index (χ1) is 15.6. The molecule has 7 nitrogen and oxygen atoms in total. The minimum Gasteiger partial charge on any atom is -0.493 e. The number of nitrogens with zero attached hydrogens (tertiary/aromatic N) is 4. The second kappa shape index (κ2) is 7.00. The van der Waals surface area contributed by atoms with Crippen LogP contribution in [-0.4, -0.2) is 31.6 Å². The van der Waals surface area contributed by atoms with Crippen molar-refractivity contribution in [1.82, 2.24) is 14.0 Å². The van der Waals surface area contributed by atoms with E-state index >= 15 is 0 Å². The lowest BCUT2D eigenvalue weighted by Gasteiger charge is -2.27. The van der Waals surface area contributed by atoms with Gasteiger partial charge in [-0.3, -0.25) is 9.36 Å². The van der Waals surface area contributed by atoms with Crippen LogP contribution in [0.3, 0.4) is 0 Å². The van der Waals surface area contributed by atoms with Crippen molar-refractivity contribution in [2.45, 2.75) is 31.6 Å². The van der Waals surface area contributed by atoms with Crippen molar-refractivity contribution in [3.8, 4) is 11.6 Å². The number of aryl methyl sites for hydroxylation is 1. The van der Waals surface area contributed by atoms with Crippen LogP contribution in [0.1, 0.15) is 45.7 Å². The van der Waals surface area contributed by atoms with Crippen LogP contribution in [0.15, 0.2) is 47.3 Å². The van der Waals surface area contributed by atoms with Gasteiger partial charge in [-0.15, -0.1) is 0 Å². The molecule has 1 fully saturated rings. The normalized spacial score (nSPS) is 18.9. The molecule has 1 N–H and O–H groups in total. The SMILES string of the molecule is [C-]#[N+]c1ccc(-n2c(O)c3n(c2=O)C2C[C@H]3N(C(=O)c3cccc(C)c3)C2)cc1C(F)(F)F. The molecule has 2 atom stereocenters. The number of fused-ring (bicyclic) bond motifs is 5. The number of alkyl halides is 3. The molecule has 0 aliphatic carbocycles. The van der Waals surface area contributed by atoms with E-state index in [0.717, 1.165) is 16.2 Å². The molecule has 2 aliphatic rings. The summed E-state index contributed by atoms with van der Waals surface area (Å²) in [4.78, 5) is 30.7. The molecule has 5 rings (SSSR count). The number of amides is 1. The van der Waals surface area contributed by atoms with E-state index in [1.165, 1.54) is 10.6 Å². The number of aromatic nitrogens is 2. The average Bonchev–Trinajstić information content (AvgIpc) is 3.43. The van der Waals surface area contributed by atoms with Crippen LogP contribution in [-0.2, 0) is 6.18 Å². The zero-order valence-corrected chi connectivity index (χ0v) is 17.3. The monoisotopic (exact) mass is 454 g/mol. The van der Waals surface area contributed by atoms with E-state index in [4.69, 9.17) is 6.57 Å². The first kappa shape index (κ1) is 20.9. The van der Waals surface area contributed by atoms with Crippen molar-refractivity contribution >= 4 is 11.6 Å². The Hall–Kier alpha value is -4.00. The Morgan fingerprint density at radius 1 is 1.21 bits per heavy atom. The van der Waals surface area contributed by atoms with E-state index in [-0.39, 0.29) is 29.9 Å². The Balaban J connectivity index is 1.58. The van der Waals surface area contributed by atoms with Gasteiger partial charge in [0.2, 0.25) is 5.88 Å². The third-order valence-corrected chi connectivity index (χ3v) is 6.25. The van der Waals surface area contributed by atoms with Crippen molar-refractivity contribution in [3.63, 3.8) is 0 Å². The van der Waals surface area contributed by atoms with E-state index < -0.39 is 35.0 Å². The van der Waals surface area contributed by atoms with E-state index in [1.807, 2.05) is 13.0 Å².